The van der Waals surface area contributed by atoms with E-state index < -0.39 is 0 Å². The number of rotatable bonds is 2. The SMILES string of the molecule is CC.CC.CCc1nc2ccccc2nc1CC. The van der Waals surface area contributed by atoms with E-state index in [9.17, 15) is 0 Å². The van der Waals surface area contributed by atoms with Crippen molar-refractivity contribution in [3.8, 4) is 0 Å². The molecule has 2 rings (SSSR count). The molecule has 2 nitrogen and oxygen atoms in total. The number of nitrogens with zero attached hydrogens (tertiary/aromatic N) is 2. The van der Waals surface area contributed by atoms with Crippen LogP contribution in [-0.2, 0) is 12.8 Å². The van der Waals surface area contributed by atoms with Crippen LogP contribution >= 0.6 is 0 Å². The number of aromatic nitrogens is 2. The first-order chi connectivity index (χ1) is 8.85. The number of benzene rings is 1. The van der Waals surface area contributed by atoms with Gasteiger partial charge in [0.1, 0.15) is 0 Å². The highest BCUT2D eigenvalue weighted by molar-refractivity contribution is 5.74. The standard InChI is InChI=1S/C12H14N2.2C2H6/c1-3-9-10(4-2)14-12-8-6-5-7-11(12)13-9;2*1-2/h5-8H,3-4H2,1-2H3;2*1-2H3. The van der Waals surface area contributed by atoms with Crippen LogP contribution in [0.4, 0.5) is 0 Å². The zero-order valence-corrected chi connectivity index (χ0v) is 12.6. The van der Waals surface area contributed by atoms with E-state index >= 15 is 0 Å². The molecule has 0 spiro atoms. The van der Waals surface area contributed by atoms with Crippen LogP contribution in [0.3, 0.4) is 0 Å². The van der Waals surface area contributed by atoms with Gasteiger partial charge in [-0.3, -0.25) is 0 Å². The third-order valence-corrected chi connectivity index (χ3v) is 2.40. The van der Waals surface area contributed by atoms with Crippen LogP contribution in [0.2, 0.25) is 0 Å². The molecule has 100 valence electrons. The molecule has 0 saturated heterocycles. The number of fused-ring (bicyclic) bond motifs is 1. The highest BCUT2D eigenvalue weighted by Gasteiger charge is 2.04. The fraction of sp³-hybridized carbons (Fsp3) is 0.500. The van der Waals surface area contributed by atoms with Crippen molar-refractivity contribution in [3.05, 3.63) is 35.7 Å². The zero-order chi connectivity index (χ0) is 14.0. The van der Waals surface area contributed by atoms with Gasteiger partial charge in [-0.15, -0.1) is 0 Å². The van der Waals surface area contributed by atoms with Crippen molar-refractivity contribution in [1.82, 2.24) is 9.97 Å². The van der Waals surface area contributed by atoms with Gasteiger partial charge >= 0.3 is 0 Å². The molecule has 0 aliphatic rings. The van der Waals surface area contributed by atoms with Crippen molar-refractivity contribution >= 4 is 11.0 Å². The van der Waals surface area contributed by atoms with Gasteiger partial charge in [-0.1, -0.05) is 53.7 Å². The number of hydrogen-bond donors (Lipinski definition) is 0. The van der Waals surface area contributed by atoms with E-state index in [0.717, 1.165) is 35.3 Å². The summed E-state index contributed by atoms with van der Waals surface area (Å²) in [6.07, 6.45) is 1.92. The van der Waals surface area contributed by atoms with Crippen molar-refractivity contribution in [2.75, 3.05) is 0 Å². The Hall–Kier alpha value is -1.44. The molecule has 0 bridgehead atoms. The molecular formula is C16H26N2. The van der Waals surface area contributed by atoms with Crippen molar-refractivity contribution in [2.24, 2.45) is 0 Å². The van der Waals surface area contributed by atoms with Crippen LogP contribution in [0, 0.1) is 0 Å². The first-order valence-electron chi connectivity index (χ1n) is 7.09. The van der Waals surface area contributed by atoms with Crippen LogP contribution in [0.5, 0.6) is 0 Å². The summed E-state index contributed by atoms with van der Waals surface area (Å²) in [6.45, 7) is 12.2. The first kappa shape index (κ1) is 16.6. The molecule has 0 aliphatic heterocycles. The second-order valence-electron chi connectivity index (χ2n) is 3.31. The predicted molar refractivity (Wildman–Crippen MR) is 81.0 cm³/mol. The molecule has 0 aliphatic carbocycles. The van der Waals surface area contributed by atoms with E-state index in [4.69, 9.17) is 0 Å². The molecule has 2 heteroatoms. The molecule has 0 atom stereocenters. The Balaban J connectivity index is 0.000000659. The minimum Gasteiger partial charge on any atom is -0.249 e. The maximum absolute atomic E-state index is 4.60. The Labute approximate surface area is 111 Å². The van der Waals surface area contributed by atoms with Crippen molar-refractivity contribution in [2.45, 2.75) is 54.4 Å². The largest absolute Gasteiger partial charge is 0.249 e. The molecule has 0 fully saturated rings. The fourth-order valence-electron chi connectivity index (χ4n) is 1.64. The van der Waals surface area contributed by atoms with E-state index in [-0.39, 0.29) is 0 Å². The average molecular weight is 246 g/mol. The predicted octanol–water partition coefficient (Wildman–Crippen LogP) is 4.81. The third-order valence-electron chi connectivity index (χ3n) is 2.40. The Bertz CT molecular complexity index is 407. The van der Waals surface area contributed by atoms with Gasteiger partial charge in [0.05, 0.1) is 22.4 Å². The summed E-state index contributed by atoms with van der Waals surface area (Å²) < 4.78 is 0. The van der Waals surface area contributed by atoms with Crippen LogP contribution in [0.15, 0.2) is 24.3 Å². The Morgan fingerprint density at radius 3 is 1.33 bits per heavy atom. The van der Waals surface area contributed by atoms with Crippen molar-refractivity contribution in [1.29, 1.82) is 0 Å². The van der Waals surface area contributed by atoms with Crippen LogP contribution in [-0.4, -0.2) is 9.97 Å². The molecule has 18 heavy (non-hydrogen) atoms. The van der Waals surface area contributed by atoms with Gasteiger partial charge in [0, 0.05) is 0 Å². The van der Waals surface area contributed by atoms with Gasteiger partial charge in [-0.25, -0.2) is 9.97 Å². The van der Waals surface area contributed by atoms with Crippen molar-refractivity contribution < 1.29 is 0 Å². The van der Waals surface area contributed by atoms with E-state index in [1.54, 1.807) is 0 Å². The lowest BCUT2D eigenvalue weighted by Crippen LogP contribution is -1.99. The molecule has 0 unspecified atom stereocenters. The number of hydrogen-bond acceptors (Lipinski definition) is 2. The van der Waals surface area contributed by atoms with E-state index in [1.165, 1.54) is 0 Å². The molecule has 1 aromatic carbocycles. The topological polar surface area (TPSA) is 25.8 Å². The lowest BCUT2D eigenvalue weighted by atomic mass is 10.2. The van der Waals surface area contributed by atoms with E-state index in [1.807, 2.05) is 52.0 Å². The fourth-order valence-corrected chi connectivity index (χ4v) is 1.64. The molecule has 0 saturated carbocycles. The van der Waals surface area contributed by atoms with Gasteiger partial charge in [0.2, 0.25) is 0 Å². The van der Waals surface area contributed by atoms with Gasteiger partial charge in [0.25, 0.3) is 0 Å². The van der Waals surface area contributed by atoms with Crippen LogP contribution < -0.4 is 0 Å². The molecule has 1 aromatic heterocycles. The minimum absolute atomic E-state index is 0.959. The van der Waals surface area contributed by atoms with E-state index in [0.29, 0.717) is 0 Å². The summed E-state index contributed by atoms with van der Waals surface area (Å²) in [7, 11) is 0. The minimum atomic E-state index is 0.959. The number of para-hydroxylation sites is 2. The average Bonchev–Trinajstić information content (AvgIpc) is 2.49. The molecular weight excluding hydrogens is 220 g/mol. The van der Waals surface area contributed by atoms with Gasteiger partial charge in [0.15, 0.2) is 0 Å². The monoisotopic (exact) mass is 246 g/mol. The summed E-state index contributed by atoms with van der Waals surface area (Å²) in [4.78, 5) is 9.20. The highest BCUT2D eigenvalue weighted by atomic mass is 14.8. The zero-order valence-electron chi connectivity index (χ0n) is 12.6. The quantitative estimate of drug-likeness (QED) is 0.760. The molecule has 1 heterocycles. The van der Waals surface area contributed by atoms with E-state index in [2.05, 4.69) is 23.8 Å². The second kappa shape index (κ2) is 9.58. The summed E-state index contributed by atoms with van der Waals surface area (Å²) in [5.74, 6) is 0. The Kier molecular flexibility index (Phi) is 8.81. The van der Waals surface area contributed by atoms with Crippen LogP contribution in [0.25, 0.3) is 11.0 Å². The number of aryl methyl sites for hydroxylation is 2. The van der Waals surface area contributed by atoms with Crippen LogP contribution in [0.1, 0.15) is 52.9 Å². The normalized spacial score (nSPS) is 9.00. The molecule has 0 N–H and O–H groups in total. The molecule has 0 radical (unpaired) electrons. The maximum atomic E-state index is 4.60. The lowest BCUT2D eigenvalue weighted by Gasteiger charge is -2.05. The molecule has 2 aromatic rings. The third kappa shape index (κ3) is 4.10. The summed E-state index contributed by atoms with van der Waals surface area (Å²) in [5, 5.41) is 0. The van der Waals surface area contributed by atoms with Gasteiger partial charge < -0.3 is 0 Å². The lowest BCUT2D eigenvalue weighted by molar-refractivity contribution is 0.930. The van der Waals surface area contributed by atoms with Gasteiger partial charge in [-0.2, -0.15) is 0 Å². The summed E-state index contributed by atoms with van der Waals surface area (Å²) >= 11 is 0. The summed E-state index contributed by atoms with van der Waals surface area (Å²) in [6, 6.07) is 8.03. The highest BCUT2D eigenvalue weighted by Crippen LogP contribution is 2.13. The second-order valence-corrected chi connectivity index (χ2v) is 3.31. The smallest absolute Gasteiger partial charge is 0.0890 e. The molecule has 0 amide bonds. The Morgan fingerprint density at radius 1 is 0.722 bits per heavy atom. The summed E-state index contributed by atoms with van der Waals surface area (Å²) in [5.41, 5.74) is 4.26. The first-order valence-corrected chi connectivity index (χ1v) is 7.09. The van der Waals surface area contributed by atoms with Gasteiger partial charge in [-0.05, 0) is 25.0 Å². The Morgan fingerprint density at radius 2 is 1.06 bits per heavy atom. The van der Waals surface area contributed by atoms with Crippen molar-refractivity contribution in [3.63, 3.8) is 0 Å². The maximum Gasteiger partial charge on any atom is 0.0890 e.